The van der Waals surface area contributed by atoms with Crippen molar-refractivity contribution >= 4 is 11.9 Å². The van der Waals surface area contributed by atoms with Crippen LogP contribution >= 0.6 is 0 Å². The fourth-order valence-corrected chi connectivity index (χ4v) is 6.09. The highest BCUT2D eigenvalue weighted by Crippen LogP contribution is 2.62. The van der Waals surface area contributed by atoms with E-state index < -0.39 is 12.1 Å². The Balaban J connectivity index is 1.89. The lowest BCUT2D eigenvalue weighted by Crippen LogP contribution is -2.50. The van der Waals surface area contributed by atoms with Crippen LogP contribution in [0.15, 0.2) is 23.8 Å². The van der Waals surface area contributed by atoms with Gasteiger partial charge in [-0.3, -0.25) is 4.79 Å². The molecule has 0 spiro atoms. The number of hydrogen-bond acceptors (Lipinski definition) is 5. The van der Waals surface area contributed by atoms with Gasteiger partial charge in [0.1, 0.15) is 6.61 Å². The number of carbonyl (C=O) groups excluding carboxylic acids is 2. The molecule has 0 bridgehead atoms. The van der Waals surface area contributed by atoms with Gasteiger partial charge in [-0.1, -0.05) is 45.9 Å². The van der Waals surface area contributed by atoms with E-state index >= 15 is 0 Å². The topological polar surface area (TPSA) is 72.8 Å². The third-order valence-electron chi connectivity index (χ3n) is 8.91. The third-order valence-corrected chi connectivity index (χ3v) is 8.91. The Hall–Kier alpha value is -1.62. The molecule has 1 N–H and O–H groups in total. The van der Waals surface area contributed by atoms with Crippen molar-refractivity contribution in [3.63, 3.8) is 0 Å². The average molecular weight is 463 g/mol. The molecule has 5 nitrogen and oxygen atoms in total. The summed E-state index contributed by atoms with van der Waals surface area (Å²) in [5.74, 6) is 0.692. The minimum absolute atomic E-state index is 0.139. The summed E-state index contributed by atoms with van der Waals surface area (Å²) in [4.78, 5) is 24.3. The summed E-state index contributed by atoms with van der Waals surface area (Å²) >= 11 is 0. The molecule has 0 amide bonds. The molecule has 0 aromatic heterocycles. The van der Waals surface area contributed by atoms with Crippen LogP contribution in [0.2, 0.25) is 0 Å². The highest BCUT2D eigenvalue weighted by atomic mass is 16.6. The molecule has 1 unspecified atom stereocenters. The van der Waals surface area contributed by atoms with Crippen molar-refractivity contribution in [2.75, 3.05) is 13.2 Å². The molecule has 188 valence electrons. The van der Waals surface area contributed by atoms with E-state index in [1.165, 1.54) is 31.3 Å². The predicted octanol–water partition coefficient (Wildman–Crippen LogP) is 6.01. The van der Waals surface area contributed by atoms with Gasteiger partial charge in [-0.25, -0.2) is 4.79 Å². The molecule has 2 saturated carbocycles. The summed E-state index contributed by atoms with van der Waals surface area (Å²) in [5.41, 5.74) is 2.42. The molecule has 33 heavy (non-hydrogen) atoms. The summed E-state index contributed by atoms with van der Waals surface area (Å²) in [5, 5.41) is 9.52. The Bertz CT molecular complexity index is 741. The van der Waals surface area contributed by atoms with Gasteiger partial charge in [0.2, 0.25) is 0 Å². The number of rotatable bonds is 10. The number of aliphatic hydroxyl groups is 1. The van der Waals surface area contributed by atoms with E-state index in [-0.39, 0.29) is 35.9 Å². The van der Waals surface area contributed by atoms with E-state index in [1.807, 2.05) is 0 Å². The van der Waals surface area contributed by atoms with E-state index in [2.05, 4.69) is 34.3 Å². The van der Waals surface area contributed by atoms with Crippen LogP contribution < -0.4 is 0 Å². The molecule has 6 atom stereocenters. The minimum atomic E-state index is -0.830. The Morgan fingerprint density at radius 1 is 1.30 bits per heavy atom. The quantitative estimate of drug-likeness (QED) is 0.245. The van der Waals surface area contributed by atoms with Gasteiger partial charge in [0.05, 0.1) is 6.61 Å². The fourth-order valence-electron chi connectivity index (χ4n) is 6.09. The maximum absolute atomic E-state index is 12.5. The molecule has 2 rings (SSSR count). The van der Waals surface area contributed by atoms with Crippen molar-refractivity contribution in [3.05, 3.63) is 23.8 Å². The first-order valence-corrected chi connectivity index (χ1v) is 12.8. The third kappa shape index (κ3) is 6.49. The van der Waals surface area contributed by atoms with Crippen LogP contribution in [0, 0.1) is 28.6 Å². The number of fused-ring (bicyclic) bond motifs is 1. The number of hydrogen-bond donors (Lipinski definition) is 1. The number of allylic oxidation sites excluding steroid dienone is 2. The number of carbonyl (C=O) groups is 2. The Morgan fingerprint density at radius 2 is 2.00 bits per heavy atom. The Labute approximate surface area is 201 Å². The summed E-state index contributed by atoms with van der Waals surface area (Å²) in [6, 6.07) is 0. The molecule has 0 heterocycles. The lowest BCUT2D eigenvalue weighted by atomic mass is 9.46. The summed E-state index contributed by atoms with van der Waals surface area (Å²) in [6.45, 7) is 16.7. The predicted molar refractivity (Wildman–Crippen MR) is 131 cm³/mol. The normalized spacial score (nSPS) is 32.0. The standard InChI is InChI=1S/C28H46O5/c1-8-20(3)26(31)32-18-23(17-29)33-25(30)16-19(2)12-14-27(6)22(5)13-15-28(7)21(4)10-9-11-24(27)28/h8,19,22-24,29H,4,9-18H2,1-3,5-7H3/b20-8+/t19?,22-,23+,24-,27+,28+/m1/s1. The minimum Gasteiger partial charge on any atom is -0.458 e. The summed E-state index contributed by atoms with van der Waals surface area (Å²) < 4.78 is 10.5. The molecule has 0 saturated heterocycles. The van der Waals surface area contributed by atoms with Crippen LogP contribution in [-0.4, -0.2) is 36.4 Å². The molecule has 2 fully saturated rings. The Morgan fingerprint density at radius 3 is 2.64 bits per heavy atom. The smallest absolute Gasteiger partial charge is 0.333 e. The zero-order valence-electron chi connectivity index (χ0n) is 21.7. The second-order valence-electron chi connectivity index (χ2n) is 11.1. The van der Waals surface area contributed by atoms with Gasteiger partial charge in [0.15, 0.2) is 6.10 Å². The Kier molecular flexibility index (Phi) is 9.78. The van der Waals surface area contributed by atoms with Crippen molar-refractivity contribution in [1.29, 1.82) is 0 Å². The van der Waals surface area contributed by atoms with Gasteiger partial charge in [0.25, 0.3) is 0 Å². The molecule has 0 aromatic carbocycles. The van der Waals surface area contributed by atoms with Crippen LogP contribution in [0.3, 0.4) is 0 Å². The van der Waals surface area contributed by atoms with Crippen molar-refractivity contribution in [1.82, 2.24) is 0 Å². The summed E-state index contributed by atoms with van der Waals surface area (Å²) in [6.07, 6.45) is 9.35. The number of ether oxygens (including phenoxy) is 2. The number of esters is 2. The van der Waals surface area contributed by atoms with Crippen molar-refractivity contribution in [3.8, 4) is 0 Å². The molecule has 0 aromatic rings. The van der Waals surface area contributed by atoms with E-state index in [9.17, 15) is 14.7 Å². The maximum atomic E-state index is 12.5. The molecule has 2 aliphatic carbocycles. The van der Waals surface area contributed by atoms with E-state index in [0.29, 0.717) is 23.8 Å². The van der Waals surface area contributed by atoms with Gasteiger partial charge >= 0.3 is 11.9 Å². The van der Waals surface area contributed by atoms with Crippen molar-refractivity contribution in [2.45, 2.75) is 99.0 Å². The highest BCUT2D eigenvalue weighted by molar-refractivity contribution is 5.87. The first-order valence-electron chi connectivity index (χ1n) is 12.8. The van der Waals surface area contributed by atoms with Gasteiger partial charge in [-0.2, -0.15) is 0 Å². The van der Waals surface area contributed by atoms with Crippen LogP contribution in [0.1, 0.15) is 92.9 Å². The lowest BCUT2D eigenvalue weighted by molar-refractivity contribution is -0.160. The average Bonchev–Trinajstić information content (AvgIpc) is 2.78. The molecular weight excluding hydrogens is 416 g/mol. The zero-order chi connectivity index (χ0) is 24.8. The SMILES string of the molecule is C=C1CCC[C@@H]2[C@@](C)(CCC(C)CC(=O)O[C@@H](CO)COC(=O)/C(C)=C/C)[C@H](C)CC[C@@]12C. The molecule has 0 aliphatic heterocycles. The second-order valence-corrected chi connectivity index (χ2v) is 11.1. The van der Waals surface area contributed by atoms with Crippen LogP contribution in [-0.2, 0) is 19.1 Å². The van der Waals surface area contributed by atoms with Crippen molar-refractivity contribution < 1.29 is 24.2 Å². The van der Waals surface area contributed by atoms with Gasteiger partial charge < -0.3 is 14.6 Å². The van der Waals surface area contributed by atoms with Gasteiger partial charge in [-0.15, -0.1) is 0 Å². The monoisotopic (exact) mass is 462 g/mol. The van der Waals surface area contributed by atoms with E-state index in [0.717, 1.165) is 19.3 Å². The molecule has 5 heteroatoms. The van der Waals surface area contributed by atoms with Crippen molar-refractivity contribution in [2.24, 2.45) is 28.6 Å². The lowest BCUT2D eigenvalue weighted by Gasteiger charge is -2.59. The van der Waals surface area contributed by atoms with Crippen LogP contribution in [0.25, 0.3) is 0 Å². The molecule has 0 radical (unpaired) electrons. The second kappa shape index (κ2) is 11.7. The van der Waals surface area contributed by atoms with Gasteiger partial charge in [-0.05, 0) is 87.4 Å². The number of aliphatic hydroxyl groups excluding tert-OH is 1. The van der Waals surface area contributed by atoms with E-state index in [1.54, 1.807) is 19.9 Å². The largest absolute Gasteiger partial charge is 0.458 e. The first kappa shape index (κ1) is 27.6. The fraction of sp³-hybridized carbons (Fsp3) is 0.786. The van der Waals surface area contributed by atoms with Gasteiger partial charge in [0, 0.05) is 12.0 Å². The maximum Gasteiger partial charge on any atom is 0.333 e. The first-order chi connectivity index (χ1) is 15.5. The van der Waals surface area contributed by atoms with Crippen LogP contribution in [0.5, 0.6) is 0 Å². The zero-order valence-corrected chi connectivity index (χ0v) is 21.7. The summed E-state index contributed by atoms with van der Waals surface area (Å²) in [7, 11) is 0. The van der Waals surface area contributed by atoms with E-state index in [4.69, 9.17) is 9.47 Å². The molecule has 2 aliphatic rings. The highest BCUT2D eigenvalue weighted by Gasteiger charge is 2.53. The molecular formula is C28H46O5. The van der Waals surface area contributed by atoms with Crippen LogP contribution in [0.4, 0.5) is 0 Å².